The zero-order valence-electron chi connectivity index (χ0n) is 12.9. The van der Waals surface area contributed by atoms with Crippen molar-refractivity contribution in [1.29, 1.82) is 0 Å². The van der Waals surface area contributed by atoms with E-state index in [0.717, 1.165) is 12.8 Å². The molecule has 1 aliphatic carbocycles. The van der Waals surface area contributed by atoms with Gasteiger partial charge in [-0.1, -0.05) is 6.92 Å². The highest BCUT2D eigenvalue weighted by Crippen LogP contribution is 2.32. The minimum Gasteiger partial charge on any atom is -0.490 e. The molecular weight excluding hydrogens is 304 g/mol. The number of nitro groups is 1. The van der Waals surface area contributed by atoms with Crippen molar-refractivity contribution in [2.75, 3.05) is 13.7 Å². The molecule has 8 nitrogen and oxygen atoms in total. The van der Waals surface area contributed by atoms with Crippen LogP contribution in [0.1, 0.15) is 30.1 Å². The van der Waals surface area contributed by atoms with Crippen molar-refractivity contribution in [3.05, 3.63) is 33.9 Å². The Labute approximate surface area is 132 Å². The molecule has 124 valence electrons. The van der Waals surface area contributed by atoms with E-state index in [1.165, 1.54) is 37.1 Å². The molecular formula is C15H18N2O6. The van der Waals surface area contributed by atoms with Gasteiger partial charge in [-0.15, -0.1) is 0 Å². The summed E-state index contributed by atoms with van der Waals surface area (Å²) in [4.78, 5) is 35.6. The first-order valence-corrected chi connectivity index (χ1v) is 7.21. The quantitative estimate of drug-likeness (QED) is 0.606. The van der Waals surface area contributed by atoms with Crippen molar-refractivity contribution in [2.45, 2.75) is 25.8 Å². The summed E-state index contributed by atoms with van der Waals surface area (Å²) in [6, 6.07) is 4.00. The van der Waals surface area contributed by atoms with Gasteiger partial charge in [-0.05, 0) is 25.0 Å². The molecule has 1 N–H and O–H groups in total. The van der Waals surface area contributed by atoms with Crippen LogP contribution < -0.4 is 4.74 Å². The second-order valence-electron chi connectivity index (χ2n) is 5.57. The molecule has 1 aliphatic rings. The summed E-state index contributed by atoms with van der Waals surface area (Å²) < 4.78 is 4.91. The topological polar surface area (TPSA) is 110 Å². The van der Waals surface area contributed by atoms with Gasteiger partial charge in [0, 0.05) is 24.2 Å². The summed E-state index contributed by atoms with van der Waals surface area (Å²) in [5.74, 6) is -2.01. The average molecular weight is 322 g/mol. The lowest BCUT2D eigenvalue weighted by molar-refractivity contribution is -0.385. The Balaban J connectivity index is 2.28. The van der Waals surface area contributed by atoms with Gasteiger partial charge in [0.15, 0.2) is 5.75 Å². The molecule has 0 aliphatic heterocycles. The number of carboxylic acids is 1. The summed E-state index contributed by atoms with van der Waals surface area (Å²) in [6.07, 6.45) is 1.63. The van der Waals surface area contributed by atoms with Crippen molar-refractivity contribution in [2.24, 2.45) is 5.92 Å². The lowest BCUT2D eigenvalue weighted by Gasteiger charge is -2.24. The van der Waals surface area contributed by atoms with E-state index in [-0.39, 0.29) is 29.6 Å². The number of hydrogen-bond donors (Lipinski definition) is 1. The number of nitro benzene ring substituents is 1. The fourth-order valence-electron chi connectivity index (χ4n) is 2.29. The molecule has 0 heterocycles. The van der Waals surface area contributed by atoms with Gasteiger partial charge in [0.25, 0.3) is 5.91 Å². The highest BCUT2D eigenvalue weighted by Gasteiger charge is 2.35. The van der Waals surface area contributed by atoms with Gasteiger partial charge in [0.05, 0.1) is 18.0 Å². The lowest BCUT2D eigenvalue weighted by atomic mass is 10.1. The maximum atomic E-state index is 12.6. The van der Waals surface area contributed by atoms with E-state index in [2.05, 4.69) is 0 Å². The molecule has 23 heavy (non-hydrogen) atoms. The molecule has 1 atom stereocenters. The van der Waals surface area contributed by atoms with Gasteiger partial charge in [-0.25, -0.2) is 0 Å². The first-order valence-electron chi connectivity index (χ1n) is 7.21. The minimum atomic E-state index is -0.982. The Morgan fingerprint density at radius 3 is 2.61 bits per heavy atom. The van der Waals surface area contributed by atoms with Crippen LogP contribution in [0.4, 0.5) is 5.69 Å². The van der Waals surface area contributed by atoms with E-state index in [1.807, 2.05) is 0 Å². The predicted molar refractivity (Wildman–Crippen MR) is 80.5 cm³/mol. The molecule has 0 saturated heterocycles. The number of aliphatic carboxylic acids is 1. The molecule has 2 rings (SSSR count). The van der Waals surface area contributed by atoms with Crippen LogP contribution in [-0.2, 0) is 4.79 Å². The number of methoxy groups -OCH3 is 1. The maximum Gasteiger partial charge on any atom is 0.311 e. The monoisotopic (exact) mass is 322 g/mol. The number of benzene rings is 1. The van der Waals surface area contributed by atoms with Crippen LogP contribution in [0.15, 0.2) is 18.2 Å². The molecule has 1 aromatic carbocycles. The van der Waals surface area contributed by atoms with Crippen LogP contribution >= 0.6 is 0 Å². The largest absolute Gasteiger partial charge is 0.490 e. The van der Waals surface area contributed by atoms with Crippen molar-refractivity contribution in [3.8, 4) is 5.75 Å². The number of hydrogen-bond acceptors (Lipinski definition) is 5. The zero-order chi connectivity index (χ0) is 17.1. The molecule has 1 aromatic rings. The smallest absolute Gasteiger partial charge is 0.311 e. The fourth-order valence-corrected chi connectivity index (χ4v) is 2.29. The van der Waals surface area contributed by atoms with Crippen molar-refractivity contribution in [3.63, 3.8) is 0 Å². The summed E-state index contributed by atoms with van der Waals surface area (Å²) >= 11 is 0. The summed E-state index contributed by atoms with van der Waals surface area (Å²) in [5.41, 5.74) is -0.137. The third-order valence-corrected chi connectivity index (χ3v) is 3.76. The normalized spacial score (nSPS) is 14.9. The van der Waals surface area contributed by atoms with E-state index >= 15 is 0 Å². The SMILES string of the molecule is COc1ccc(C(=O)N(CC(C)C(=O)O)C2CC2)cc1[N+](=O)[O-]. The van der Waals surface area contributed by atoms with Crippen LogP contribution in [0.5, 0.6) is 5.75 Å². The molecule has 0 spiro atoms. The number of ether oxygens (including phenoxy) is 1. The van der Waals surface area contributed by atoms with Crippen molar-refractivity contribution < 1.29 is 24.4 Å². The highest BCUT2D eigenvalue weighted by molar-refractivity contribution is 5.95. The molecule has 1 fully saturated rings. The first kappa shape index (κ1) is 16.7. The van der Waals surface area contributed by atoms with Gasteiger partial charge in [-0.2, -0.15) is 0 Å². The Bertz CT molecular complexity index is 641. The molecule has 0 radical (unpaired) electrons. The Kier molecular flexibility index (Phi) is 4.83. The molecule has 0 bridgehead atoms. The van der Waals surface area contributed by atoms with Crippen LogP contribution in [0.2, 0.25) is 0 Å². The average Bonchev–Trinajstić information content (AvgIpc) is 3.35. The van der Waals surface area contributed by atoms with Gasteiger partial charge in [0.1, 0.15) is 0 Å². The Hall–Kier alpha value is -2.64. The Morgan fingerprint density at radius 2 is 2.13 bits per heavy atom. The standard InChI is InChI=1S/C15H18N2O6/c1-9(15(19)20)8-16(11-4-5-11)14(18)10-3-6-13(23-2)12(7-10)17(21)22/h3,6-7,9,11H,4-5,8H2,1-2H3,(H,19,20). The minimum absolute atomic E-state index is 0.00505. The summed E-state index contributed by atoms with van der Waals surface area (Å²) in [6.45, 7) is 1.61. The molecule has 1 amide bonds. The third-order valence-electron chi connectivity index (χ3n) is 3.76. The second-order valence-corrected chi connectivity index (χ2v) is 5.57. The van der Waals surface area contributed by atoms with Crippen molar-refractivity contribution in [1.82, 2.24) is 4.90 Å². The van der Waals surface area contributed by atoms with Crippen LogP contribution in [0.3, 0.4) is 0 Å². The number of nitrogens with zero attached hydrogens (tertiary/aromatic N) is 2. The Morgan fingerprint density at radius 1 is 1.48 bits per heavy atom. The number of carbonyl (C=O) groups excluding carboxylic acids is 1. The number of carboxylic acid groups (broad SMARTS) is 1. The maximum absolute atomic E-state index is 12.6. The number of amides is 1. The van der Waals surface area contributed by atoms with E-state index in [9.17, 15) is 19.7 Å². The van der Waals surface area contributed by atoms with Gasteiger partial charge in [-0.3, -0.25) is 19.7 Å². The fraction of sp³-hybridized carbons (Fsp3) is 0.467. The number of rotatable bonds is 7. The van der Waals surface area contributed by atoms with Crippen LogP contribution in [0, 0.1) is 16.0 Å². The van der Waals surface area contributed by atoms with Gasteiger partial charge < -0.3 is 14.7 Å². The van der Waals surface area contributed by atoms with E-state index in [0.29, 0.717) is 0 Å². The van der Waals surface area contributed by atoms with E-state index in [4.69, 9.17) is 9.84 Å². The molecule has 0 aromatic heterocycles. The predicted octanol–water partition coefficient (Wildman–Crippen LogP) is 1.93. The number of carbonyl (C=O) groups is 2. The van der Waals surface area contributed by atoms with Gasteiger partial charge in [0.2, 0.25) is 0 Å². The highest BCUT2D eigenvalue weighted by atomic mass is 16.6. The van der Waals surface area contributed by atoms with Crippen LogP contribution in [0.25, 0.3) is 0 Å². The zero-order valence-corrected chi connectivity index (χ0v) is 12.9. The first-order chi connectivity index (χ1) is 10.8. The van der Waals surface area contributed by atoms with E-state index in [1.54, 1.807) is 0 Å². The van der Waals surface area contributed by atoms with Crippen molar-refractivity contribution >= 4 is 17.6 Å². The summed E-state index contributed by atoms with van der Waals surface area (Å²) in [5, 5.41) is 20.1. The van der Waals surface area contributed by atoms with Crippen LogP contribution in [-0.4, -0.2) is 46.5 Å². The molecule has 8 heteroatoms. The van der Waals surface area contributed by atoms with Gasteiger partial charge >= 0.3 is 11.7 Å². The second kappa shape index (κ2) is 6.64. The van der Waals surface area contributed by atoms with E-state index < -0.39 is 22.7 Å². The molecule has 1 unspecified atom stereocenters. The third kappa shape index (κ3) is 3.77. The lowest BCUT2D eigenvalue weighted by Crippen LogP contribution is -2.38. The summed E-state index contributed by atoms with van der Waals surface area (Å²) in [7, 11) is 1.31. The molecule has 1 saturated carbocycles.